The predicted molar refractivity (Wildman–Crippen MR) is 119 cm³/mol. The molecule has 1 amide bonds. The molecule has 0 saturated heterocycles. The number of carbonyl (C=O) groups excluding carboxylic acids is 1. The van der Waals surface area contributed by atoms with Gasteiger partial charge in [-0.1, -0.05) is 38.1 Å². The lowest BCUT2D eigenvalue weighted by Gasteiger charge is -2.19. The van der Waals surface area contributed by atoms with Crippen molar-refractivity contribution in [1.82, 2.24) is 14.4 Å². The van der Waals surface area contributed by atoms with Crippen LogP contribution >= 0.6 is 0 Å². The number of hydrogen-bond donors (Lipinski definition) is 1. The van der Waals surface area contributed by atoms with Crippen molar-refractivity contribution in [3.63, 3.8) is 0 Å². The van der Waals surface area contributed by atoms with Gasteiger partial charge >= 0.3 is 6.18 Å². The lowest BCUT2D eigenvalue weighted by atomic mass is 9.96. The van der Waals surface area contributed by atoms with Crippen molar-refractivity contribution in [2.75, 3.05) is 5.32 Å². The van der Waals surface area contributed by atoms with Crippen molar-refractivity contribution in [1.29, 1.82) is 0 Å². The maximum Gasteiger partial charge on any atom is 0.413 e. The molecular weight excluding hydrogens is 417 g/mol. The maximum atomic E-state index is 13.3. The molecule has 0 bridgehead atoms. The Hall–Kier alpha value is -3.42. The summed E-state index contributed by atoms with van der Waals surface area (Å²) in [5.41, 5.74) is 2.40. The maximum absolute atomic E-state index is 13.3. The van der Waals surface area contributed by atoms with Gasteiger partial charge in [0.15, 0.2) is 0 Å². The largest absolute Gasteiger partial charge is 0.413 e. The summed E-state index contributed by atoms with van der Waals surface area (Å²) in [6.07, 6.45) is 3.80. The number of allylic oxidation sites excluding steroid dienone is 2. The van der Waals surface area contributed by atoms with Crippen molar-refractivity contribution in [3.8, 4) is 11.3 Å². The molecule has 3 aromatic rings. The van der Waals surface area contributed by atoms with Crippen LogP contribution in [0.5, 0.6) is 0 Å². The number of alkyl halides is 3. The van der Waals surface area contributed by atoms with Gasteiger partial charge in [0.05, 0.1) is 5.69 Å². The third-order valence-electron chi connectivity index (χ3n) is 4.98. The van der Waals surface area contributed by atoms with Gasteiger partial charge in [-0.2, -0.15) is 13.2 Å². The Bertz CT molecular complexity index is 1210. The molecule has 2 aromatic heterocycles. The third kappa shape index (κ3) is 4.90. The molecule has 32 heavy (non-hydrogen) atoms. The molecule has 8 heteroatoms. The van der Waals surface area contributed by atoms with Crippen LogP contribution in [0.1, 0.15) is 37.8 Å². The molecule has 0 radical (unpaired) electrons. The molecule has 1 aromatic carbocycles. The van der Waals surface area contributed by atoms with E-state index in [-0.39, 0.29) is 18.4 Å². The molecule has 1 aliphatic rings. The van der Waals surface area contributed by atoms with Crippen LogP contribution in [-0.4, -0.2) is 26.5 Å². The van der Waals surface area contributed by atoms with Gasteiger partial charge in [-0.05, 0) is 43.9 Å². The third-order valence-corrected chi connectivity index (χ3v) is 4.98. The highest BCUT2D eigenvalue weighted by Crippen LogP contribution is 2.35. The Morgan fingerprint density at radius 1 is 1.16 bits per heavy atom. The van der Waals surface area contributed by atoms with E-state index in [9.17, 15) is 18.0 Å². The van der Waals surface area contributed by atoms with Gasteiger partial charge < -0.3 is 5.32 Å². The number of amides is 1. The summed E-state index contributed by atoms with van der Waals surface area (Å²) in [6, 6.07) is 5.35. The Labute approximate surface area is 184 Å². The van der Waals surface area contributed by atoms with Crippen LogP contribution in [0.3, 0.4) is 0 Å². The summed E-state index contributed by atoms with van der Waals surface area (Å²) < 4.78 is 41.7. The smallest absolute Gasteiger partial charge is 0.322 e. The zero-order chi connectivity index (χ0) is 23.5. The van der Waals surface area contributed by atoms with Gasteiger partial charge in [0, 0.05) is 41.0 Å². The minimum Gasteiger partial charge on any atom is -0.322 e. The highest BCUT2D eigenvalue weighted by molar-refractivity contribution is 6.07. The number of aryl methyl sites for hydroxylation is 2. The molecule has 5 nitrogen and oxygen atoms in total. The number of fused-ring (bicyclic) bond motifs is 1. The van der Waals surface area contributed by atoms with Crippen LogP contribution in [0.25, 0.3) is 17.0 Å². The molecule has 2 heterocycles. The topological polar surface area (TPSA) is 59.3 Å². The van der Waals surface area contributed by atoms with Crippen LogP contribution in [0, 0.1) is 13.8 Å². The fourth-order valence-corrected chi connectivity index (χ4v) is 3.40. The number of carbonyl (C=O) groups is 1. The quantitative estimate of drug-likeness (QED) is 0.526. The predicted octanol–water partition coefficient (Wildman–Crippen LogP) is 6.19. The van der Waals surface area contributed by atoms with Gasteiger partial charge in [-0.3, -0.25) is 9.20 Å². The summed E-state index contributed by atoms with van der Waals surface area (Å²) >= 11 is 0. The van der Waals surface area contributed by atoms with Crippen LogP contribution < -0.4 is 5.32 Å². The van der Waals surface area contributed by atoms with Crippen molar-refractivity contribution >= 4 is 17.4 Å². The Morgan fingerprint density at radius 3 is 2.62 bits per heavy atom. The number of imidazole rings is 1. The second-order valence-corrected chi connectivity index (χ2v) is 7.28. The number of rotatable bonds is 3. The second-order valence-electron chi connectivity index (χ2n) is 7.28. The molecule has 4 rings (SSSR count). The first-order valence-corrected chi connectivity index (χ1v) is 10.4. The summed E-state index contributed by atoms with van der Waals surface area (Å²) in [7, 11) is 0. The summed E-state index contributed by atoms with van der Waals surface area (Å²) in [5, 5.41) is 2.64. The summed E-state index contributed by atoms with van der Waals surface area (Å²) in [5.74, 6) is -0.236. The van der Waals surface area contributed by atoms with E-state index >= 15 is 0 Å². The van der Waals surface area contributed by atoms with E-state index in [1.165, 1.54) is 6.08 Å². The Kier molecular flexibility index (Phi) is 6.81. The molecule has 0 aliphatic heterocycles. The molecule has 0 fully saturated rings. The number of nitrogens with zero attached hydrogens (tertiary/aromatic N) is 3. The number of anilines is 1. The number of halogens is 3. The molecule has 0 spiro atoms. The number of nitrogens with one attached hydrogen (secondary N) is 1. The molecule has 0 atom stereocenters. The van der Waals surface area contributed by atoms with Crippen LogP contribution in [0.2, 0.25) is 0 Å². The fraction of sp³-hybridized carbons (Fsp3) is 0.292. The van der Waals surface area contributed by atoms with E-state index < -0.39 is 17.7 Å². The zero-order valence-corrected chi connectivity index (χ0v) is 18.4. The Balaban J connectivity index is 0.00000141. The highest BCUT2D eigenvalue weighted by atomic mass is 19.4. The monoisotopic (exact) mass is 442 g/mol. The molecule has 1 aliphatic carbocycles. The molecule has 168 valence electrons. The van der Waals surface area contributed by atoms with Gasteiger partial charge in [0.1, 0.15) is 0 Å². The van der Waals surface area contributed by atoms with E-state index in [2.05, 4.69) is 15.3 Å². The van der Waals surface area contributed by atoms with Crippen LogP contribution in [-0.2, 0) is 4.79 Å². The van der Waals surface area contributed by atoms with E-state index in [4.69, 9.17) is 0 Å². The van der Waals surface area contributed by atoms with Gasteiger partial charge in [0.25, 0.3) is 5.91 Å². The van der Waals surface area contributed by atoms with E-state index in [1.54, 1.807) is 35.7 Å². The Morgan fingerprint density at radius 2 is 1.91 bits per heavy atom. The standard InChI is InChI=1S/C22H19F3N4O.C2H6/c1-13-10-26-21-28-19(12-29(21)11-13)15-8-7-14(2)18(9-15)27-20(30)16-5-3-4-6-17(16)22(23,24)25;1-2/h3,5,7-12H,4,6H2,1-2H3,(H,27,30);1-2H3. The molecule has 0 unspecified atom stereocenters. The molecule has 1 N–H and O–H groups in total. The van der Waals surface area contributed by atoms with E-state index in [0.717, 1.165) is 16.7 Å². The average molecular weight is 442 g/mol. The van der Waals surface area contributed by atoms with E-state index in [0.29, 0.717) is 17.2 Å². The normalized spacial score (nSPS) is 13.7. The lowest BCUT2D eigenvalue weighted by molar-refractivity contribution is -0.115. The average Bonchev–Trinajstić information content (AvgIpc) is 3.19. The van der Waals surface area contributed by atoms with Crippen LogP contribution in [0.15, 0.2) is 60.1 Å². The van der Waals surface area contributed by atoms with Crippen molar-refractivity contribution < 1.29 is 18.0 Å². The lowest BCUT2D eigenvalue weighted by Crippen LogP contribution is -2.23. The van der Waals surface area contributed by atoms with Crippen molar-refractivity contribution in [2.45, 2.75) is 46.7 Å². The SMILES string of the molecule is CC.Cc1cnc2nc(-c3ccc(C)c(NC(=O)C4=C(C(F)(F)F)CCC=C4)c3)cn2c1. The number of hydrogen-bond acceptors (Lipinski definition) is 3. The molecule has 0 saturated carbocycles. The first-order valence-electron chi connectivity index (χ1n) is 10.4. The van der Waals surface area contributed by atoms with Gasteiger partial charge in [-0.25, -0.2) is 9.97 Å². The van der Waals surface area contributed by atoms with Crippen LogP contribution in [0.4, 0.5) is 18.9 Å². The summed E-state index contributed by atoms with van der Waals surface area (Å²) in [6.45, 7) is 7.71. The fourth-order valence-electron chi connectivity index (χ4n) is 3.40. The van der Waals surface area contributed by atoms with Gasteiger partial charge in [0.2, 0.25) is 5.78 Å². The first-order chi connectivity index (χ1) is 15.2. The van der Waals surface area contributed by atoms with E-state index in [1.807, 2.05) is 39.2 Å². The highest BCUT2D eigenvalue weighted by Gasteiger charge is 2.37. The minimum absolute atomic E-state index is 0.199. The number of aromatic nitrogens is 3. The minimum atomic E-state index is -4.53. The zero-order valence-electron chi connectivity index (χ0n) is 18.4. The summed E-state index contributed by atoms with van der Waals surface area (Å²) in [4.78, 5) is 21.4. The number of benzene rings is 1. The first kappa shape index (κ1) is 23.2. The second kappa shape index (κ2) is 9.38. The van der Waals surface area contributed by atoms with Gasteiger partial charge in [-0.15, -0.1) is 0 Å². The van der Waals surface area contributed by atoms with Crippen molar-refractivity contribution in [2.24, 2.45) is 0 Å². The molecular formula is C24H25F3N4O. The van der Waals surface area contributed by atoms with Crippen molar-refractivity contribution in [3.05, 3.63) is 71.2 Å².